The van der Waals surface area contributed by atoms with E-state index in [4.69, 9.17) is 9.15 Å². The van der Waals surface area contributed by atoms with E-state index in [-0.39, 0.29) is 30.3 Å². The first-order valence-electron chi connectivity index (χ1n) is 11.0. The lowest BCUT2D eigenvalue weighted by molar-refractivity contribution is -0.156. The van der Waals surface area contributed by atoms with Gasteiger partial charge in [-0.1, -0.05) is 0 Å². The van der Waals surface area contributed by atoms with Gasteiger partial charge in [0.2, 0.25) is 0 Å². The maximum absolute atomic E-state index is 13.1. The van der Waals surface area contributed by atoms with Crippen LogP contribution in [-0.2, 0) is 27.2 Å². The van der Waals surface area contributed by atoms with Crippen LogP contribution in [0.2, 0.25) is 0 Å². The van der Waals surface area contributed by atoms with Gasteiger partial charge in [0.05, 0.1) is 11.8 Å². The largest absolute Gasteiger partial charge is 0.459 e. The number of piperidine rings is 1. The number of aryl methyl sites for hydroxylation is 1. The zero-order valence-corrected chi connectivity index (χ0v) is 20.1. The summed E-state index contributed by atoms with van der Waals surface area (Å²) in [4.78, 5) is 53.5. The number of fused-ring (bicyclic) bond motifs is 1. The minimum atomic E-state index is -0.672. The number of Topliss-reactive ketones (excluding diaryl/α,β-unsaturated/α-hetero) is 1. The van der Waals surface area contributed by atoms with Crippen LogP contribution in [0.5, 0.6) is 0 Å². The maximum atomic E-state index is 13.1. The van der Waals surface area contributed by atoms with E-state index in [0.717, 1.165) is 29.7 Å². The molecule has 0 bridgehead atoms. The summed E-state index contributed by atoms with van der Waals surface area (Å²) in [5.41, 5.74) is -0.161. The number of amides is 2. The number of carbonyl (C=O) groups excluding carboxylic acids is 4. The number of nitrogens with zero attached hydrogens (tertiary/aromatic N) is 1. The summed E-state index contributed by atoms with van der Waals surface area (Å²) in [6.07, 6.45) is 4.40. The third-order valence-corrected chi connectivity index (χ3v) is 7.35. The smallest absolute Gasteiger partial charge is 0.341 e. The van der Waals surface area contributed by atoms with Gasteiger partial charge in [-0.25, -0.2) is 4.79 Å². The van der Waals surface area contributed by atoms with Crippen LogP contribution in [-0.4, -0.2) is 46.2 Å². The summed E-state index contributed by atoms with van der Waals surface area (Å²) in [5, 5.41) is 3.16. The zero-order valence-electron chi connectivity index (χ0n) is 19.3. The van der Waals surface area contributed by atoms with E-state index in [1.807, 2.05) is 27.7 Å². The van der Waals surface area contributed by atoms with Gasteiger partial charge in [-0.15, -0.1) is 11.3 Å². The standard InChI is InChI=1S/C24H28N2O6S/c1-23(2)11-14(27)12-24(3,4)26(23)18(28)13-32-22(30)19-15-7-5-9-17(15)33-21(19)25-20(29)16-8-6-10-31-16/h6,8,10H,5,7,9,11-13H2,1-4H3,(H,25,29). The molecule has 1 fully saturated rings. The minimum absolute atomic E-state index is 0.108. The van der Waals surface area contributed by atoms with E-state index in [9.17, 15) is 19.2 Å². The molecule has 1 saturated heterocycles. The number of rotatable bonds is 5. The average Bonchev–Trinajstić information content (AvgIpc) is 3.41. The highest BCUT2D eigenvalue weighted by molar-refractivity contribution is 7.17. The first kappa shape index (κ1) is 23.2. The summed E-state index contributed by atoms with van der Waals surface area (Å²) >= 11 is 1.36. The molecule has 0 saturated carbocycles. The predicted octanol–water partition coefficient (Wildman–Crippen LogP) is 3.99. The fourth-order valence-electron chi connectivity index (χ4n) is 5.22. The van der Waals surface area contributed by atoms with Gasteiger partial charge in [0.15, 0.2) is 12.4 Å². The Kier molecular flexibility index (Phi) is 5.94. The Morgan fingerprint density at radius 2 is 1.85 bits per heavy atom. The number of thiophene rings is 1. The van der Waals surface area contributed by atoms with Crippen molar-refractivity contribution in [3.05, 3.63) is 40.2 Å². The van der Waals surface area contributed by atoms with Crippen LogP contribution in [0.25, 0.3) is 0 Å². The van der Waals surface area contributed by atoms with Crippen molar-refractivity contribution in [1.82, 2.24) is 4.90 Å². The van der Waals surface area contributed by atoms with Crippen molar-refractivity contribution in [2.45, 2.75) is 70.9 Å². The molecule has 1 N–H and O–H groups in total. The Labute approximate surface area is 196 Å². The second-order valence-corrected chi connectivity index (χ2v) is 10.9. The van der Waals surface area contributed by atoms with E-state index in [2.05, 4.69) is 5.32 Å². The van der Waals surface area contributed by atoms with Gasteiger partial charge < -0.3 is 19.4 Å². The molecule has 2 aromatic rings. The van der Waals surface area contributed by atoms with Gasteiger partial charge in [0.25, 0.3) is 11.8 Å². The van der Waals surface area contributed by atoms with Crippen LogP contribution in [0.3, 0.4) is 0 Å². The molecule has 0 radical (unpaired) electrons. The van der Waals surface area contributed by atoms with Gasteiger partial charge in [-0.2, -0.15) is 0 Å². The fourth-order valence-corrected chi connectivity index (χ4v) is 6.50. The van der Waals surface area contributed by atoms with Crippen LogP contribution in [0.4, 0.5) is 5.00 Å². The van der Waals surface area contributed by atoms with E-state index < -0.39 is 29.6 Å². The van der Waals surface area contributed by atoms with Crippen molar-refractivity contribution >= 4 is 39.9 Å². The molecular formula is C24H28N2O6S. The second kappa shape index (κ2) is 8.44. The Bertz CT molecular complexity index is 1090. The summed E-state index contributed by atoms with van der Waals surface area (Å²) in [6, 6.07) is 3.15. The Hall–Kier alpha value is -2.94. The van der Waals surface area contributed by atoms with Gasteiger partial charge in [-0.05, 0) is 64.7 Å². The summed E-state index contributed by atoms with van der Waals surface area (Å²) in [5.74, 6) is -1.19. The van der Waals surface area contributed by atoms with E-state index in [1.54, 1.807) is 17.0 Å². The molecule has 0 spiro atoms. The van der Waals surface area contributed by atoms with Crippen LogP contribution in [0.1, 0.15) is 78.3 Å². The quantitative estimate of drug-likeness (QED) is 0.660. The lowest BCUT2D eigenvalue weighted by Crippen LogP contribution is -2.63. The third-order valence-electron chi connectivity index (χ3n) is 6.14. The number of carbonyl (C=O) groups is 4. The second-order valence-electron chi connectivity index (χ2n) is 9.82. The van der Waals surface area contributed by atoms with Crippen LogP contribution in [0.15, 0.2) is 22.8 Å². The highest BCUT2D eigenvalue weighted by Crippen LogP contribution is 2.40. The van der Waals surface area contributed by atoms with Gasteiger partial charge in [0, 0.05) is 28.8 Å². The van der Waals surface area contributed by atoms with E-state index >= 15 is 0 Å². The monoisotopic (exact) mass is 472 g/mol. The normalized spacial score (nSPS) is 18.7. The summed E-state index contributed by atoms with van der Waals surface area (Å²) < 4.78 is 10.6. The molecule has 1 aliphatic carbocycles. The summed E-state index contributed by atoms with van der Waals surface area (Å²) in [6.45, 7) is 6.95. The highest BCUT2D eigenvalue weighted by atomic mass is 32.1. The number of esters is 1. The molecule has 4 rings (SSSR count). The van der Waals surface area contributed by atoms with Crippen LogP contribution < -0.4 is 5.32 Å². The molecule has 33 heavy (non-hydrogen) atoms. The highest BCUT2D eigenvalue weighted by Gasteiger charge is 2.47. The molecular weight excluding hydrogens is 444 g/mol. The lowest BCUT2D eigenvalue weighted by Gasteiger charge is -2.51. The molecule has 2 aromatic heterocycles. The van der Waals surface area contributed by atoms with Crippen molar-refractivity contribution in [1.29, 1.82) is 0 Å². The zero-order chi connectivity index (χ0) is 24.0. The van der Waals surface area contributed by atoms with Gasteiger partial charge in [0.1, 0.15) is 10.8 Å². The molecule has 0 unspecified atom stereocenters. The van der Waals surface area contributed by atoms with Crippen molar-refractivity contribution in [2.24, 2.45) is 0 Å². The van der Waals surface area contributed by atoms with E-state index in [0.29, 0.717) is 10.6 Å². The lowest BCUT2D eigenvalue weighted by atomic mass is 9.79. The van der Waals surface area contributed by atoms with Crippen molar-refractivity contribution < 1.29 is 28.3 Å². The molecule has 2 aliphatic rings. The summed E-state index contributed by atoms with van der Waals surface area (Å²) in [7, 11) is 0. The molecule has 0 atom stereocenters. The number of furan rings is 1. The Morgan fingerprint density at radius 3 is 2.48 bits per heavy atom. The number of anilines is 1. The van der Waals surface area contributed by atoms with Crippen LogP contribution >= 0.6 is 11.3 Å². The molecule has 2 amide bonds. The average molecular weight is 473 g/mol. The van der Waals surface area contributed by atoms with Crippen molar-refractivity contribution in [3.8, 4) is 0 Å². The van der Waals surface area contributed by atoms with E-state index in [1.165, 1.54) is 17.6 Å². The Balaban J connectivity index is 1.51. The molecule has 176 valence electrons. The fraction of sp³-hybridized carbons (Fsp3) is 0.500. The number of ether oxygens (including phenoxy) is 1. The molecule has 1 aliphatic heterocycles. The third kappa shape index (κ3) is 4.46. The first-order chi connectivity index (χ1) is 15.5. The number of likely N-dealkylation sites (tertiary alicyclic amines) is 1. The minimum Gasteiger partial charge on any atom is -0.459 e. The SMILES string of the molecule is CC1(C)CC(=O)CC(C)(C)N1C(=O)COC(=O)c1c(NC(=O)c2ccco2)sc2c1CCC2. The Morgan fingerprint density at radius 1 is 1.15 bits per heavy atom. The molecule has 0 aromatic carbocycles. The van der Waals surface area contributed by atoms with Gasteiger partial charge in [-0.3, -0.25) is 14.4 Å². The molecule has 3 heterocycles. The molecule has 8 nitrogen and oxygen atoms in total. The van der Waals surface area contributed by atoms with Crippen LogP contribution in [0, 0.1) is 0 Å². The number of nitrogens with one attached hydrogen (secondary N) is 1. The number of hydrogen-bond acceptors (Lipinski definition) is 7. The topological polar surface area (TPSA) is 106 Å². The number of hydrogen-bond donors (Lipinski definition) is 1. The predicted molar refractivity (Wildman–Crippen MR) is 123 cm³/mol. The molecule has 9 heteroatoms. The maximum Gasteiger partial charge on any atom is 0.341 e. The number of ketones is 1. The van der Waals surface area contributed by atoms with Crippen molar-refractivity contribution in [3.63, 3.8) is 0 Å². The van der Waals surface area contributed by atoms with Crippen molar-refractivity contribution in [2.75, 3.05) is 11.9 Å². The first-order valence-corrected chi connectivity index (χ1v) is 11.8. The van der Waals surface area contributed by atoms with Gasteiger partial charge >= 0.3 is 5.97 Å².